The third kappa shape index (κ3) is 3.76. The molecule has 1 atom stereocenters. The van der Waals surface area contributed by atoms with Gasteiger partial charge in [0, 0.05) is 25.3 Å². The predicted molar refractivity (Wildman–Crippen MR) is 109 cm³/mol. The molecule has 0 bridgehead atoms. The summed E-state index contributed by atoms with van der Waals surface area (Å²) in [5.41, 5.74) is 10.2. The van der Waals surface area contributed by atoms with E-state index in [9.17, 15) is 0 Å². The van der Waals surface area contributed by atoms with Crippen LogP contribution in [0.3, 0.4) is 0 Å². The van der Waals surface area contributed by atoms with Crippen LogP contribution in [0.4, 0.5) is 5.88 Å². The van der Waals surface area contributed by atoms with E-state index in [0.29, 0.717) is 31.3 Å². The van der Waals surface area contributed by atoms with Crippen molar-refractivity contribution in [2.75, 3.05) is 19.0 Å². The zero-order valence-corrected chi connectivity index (χ0v) is 15.7. The number of pyridine rings is 1. The number of aliphatic imine (C=N–C) groups is 1. The molecular formula is C21H23N5O2. The number of nitrogens with two attached hydrogens (primary N) is 1. The van der Waals surface area contributed by atoms with Crippen molar-refractivity contribution in [3.05, 3.63) is 72.2 Å². The smallest absolute Gasteiger partial charge is 0.207 e. The Balaban J connectivity index is 1.74. The van der Waals surface area contributed by atoms with Gasteiger partial charge in [-0.15, -0.1) is 0 Å². The van der Waals surface area contributed by atoms with Crippen LogP contribution in [0.25, 0.3) is 11.1 Å². The SMILES string of the molecule is COCCC1(N)NC(=NCc2ccccn2)c2c(-c3ccccc3)coc2N1. The van der Waals surface area contributed by atoms with Gasteiger partial charge in [0.05, 0.1) is 24.4 Å². The summed E-state index contributed by atoms with van der Waals surface area (Å²) in [6.07, 6.45) is 4.02. The van der Waals surface area contributed by atoms with E-state index in [1.807, 2.05) is 48.5 Å². The van der Waals surface area contributed by atoms with Crippen molar-refractivity contribution in [3.8, 4) is 11.1 Å². The average molecular weight is 377 g/mol. The number of rotatable bonds is 6. The van der Waals surface area contributed by atoms with Gasteiger partial charge < -0.3 is 19.8 Å². The van der Waals surface area contributed by atoms with Gasteiger partial charge in [0.15, 0.2) is 5.79 Å². The molecule has 0 amide bonds. The fraction of sp³-hybridized carbons (Fsp3) is 0.238. The number of benzene rings is 1. The van der Waals surface area contributed by atoms with Gasteiger partial charge in [0.2, 0.25) is 5.88 Å². The van der Waals surface area contributed by atoms with E-state index in [4.69, 9.17) is 19.9 Å². The van der Waals surface area contributed by atoms with E-state index < -0.39 is 5.79 Å². The molecule has 1 aliphatic heterocycles. The van der Waals surface area contributed by atoms with E-state index in [1.54, 1.807) is 19.6 Å². The number of anilines is 1. The Kier molecular flexibility index (Phi) is 5.10. The molecule has 28 heavy (non-hydrogen) atoms. The molecule has 144 valence electrons. The molecule has 0 saturated carbocycles. The minimum absolute atomic E-state index is 0.433. The van der Waals surface area contributed by atoms with Crippen LogP contribution in [0.1, 0.15) is 17.7 Å². The molecule has 1 aliphatic rings. The number of aromatic nitrogens is 1. The Bertz CT molecular complexity index is 955. The lowest BCUT2D eigenvalue weighted by atomic mass is 10.0. The van der Waals surface area contributed by atoms with E-state index >= 15 is 0 Å². The molecule has 7 nitrogen and oxygen atoms in total. The Hall–Kier alpha value is -3.16. The largest absolute Gasteiger partial charge is 0.447 e. The van der Waals surface area contributed by atoms with E-state index in [-0.39, 0.29) is 0 Å². The normalized spacial score (nSPS) is 19.7. The van der Waals surface area contributed by atoms with Crippen LogP contribution in [0.5, 0.6) is 0 Å². The highest BCUT2D eigenvalue weighted by Gasteiger charge is 2.36. The summed E-state index contributed by atoms with van der Waals surface area (Å²) >= 11 is 0. The molecule has 3 aromatic rings. The first-order valence-electron chi connectivity index (χ1n) is 9.14. The molecule has 0 saturated heterocycles. The quantitative estimate of drug-likeness (QED) is 0.611. The van der Waals surface area contributed by atoms with Crippen LogP contribution in [-0.4, -0.2) is 30.3 Å². The van der Waals surface area contributed by atoms with Crippen molar-refractivity contribution < 1.29 is 9.15 Å². The minimum atomic E-state index is -0.919. The van der Waals surface area contributed by atoms with Crippen LogP contribution in [0.15, 0.2) is 70.4 Å². The number of hydrogen-bond donors (Lipinski definition) is 3. The summed E-state index contributed by atoms with van der Waals surface area (Å²) < 4.78 is 11.0. The molecule has 0 fully saturated rings. The van der Waals surface area contributed by atoms with Gasteiger partial charge in [0.25, 0.3) is 0 Å². The second kappa shape index (κ2) is 7.84. The zero-order valence-electron chi connectivity index (χ0n) is 15.7. The fourth-order valence-electron chi connectivity index (χ4n) is 3.18. The number of nitrogens with one attached hydrogen (secondary N) is 2. The second-order valence-electron chi connectivity index (χ2n) is 6.67. The minimum Gasteiger partial charge on any atom is -0.447 e. The number of ether oxygens (including phenoxy) is 1. The molecule has 7 heteroatoms. The maximum absolute atomic E-state index is 6.51. The Morgan fingerprint density at radius 1 is 1.14 bits per heavy atom. The second-order valence-corrected chi connectivity index (χ2v) is 6.67. The summed E-state index contributed by atoms with van der Waals surface area (Å²) in [5, 5.41) is 6.59. The van der Waals surface area contributed by atoms with Crippen LogP contribution < -0.4 is 16.4 Å². The van der Waals surface area contributed by atoms with Gasteiger partial charge in [-0.1, -0.05) is 36.4 Å². The third-order valence-corrected chi connectivity index (χ3v) is 4.62. The Labute approximate surface area is 163 Å². The maximum Gasteiger partial charge on any atom is 0.207 e. The van der Waals surface area contributed by atoms with Crippen LogP contribution in [-0.2, 0) is 11.3 Å². The number of furan rings is 1. The lowest BCUT2D eigenvalue weighted by Crippen LogP contribution is -2.64. The lowest BCUT2D eigenvalue weighted by molar-refractivity contribution is 0.169. The summed E-state index contributed by atoms with van der Waals surface area (Å²) in [6, 6.07) is 15.8. The van der Waals surface area contributed by atoms with E-state index in [2.05, 4.69) is 15.6 Å². The van der Waals surface area contributed by atoms with Crippen molar-refractivity contribution >= 4 is 11.7 Å². The van der Waals surface area contributed by atoms with E-state index in [1.165, 1.54) is 0 Å². The first-order chi connectivity index (χ1) is 13.7. The molecule has 1 aromatic carbocycles. The topological polar surface area (TPSA) is 97.7 Å². The number of fused-ring (bicyclic) bond motifs is 1. The summed E-state index contributed by atoms with van der Waals surface area (Å²) in [6.45, 7) is 0.925. The van der Waals surface area contributed by atoms with Crippen molar-refractivity contribution in [1.29, 1.82) is 0 Å². The van der Waals surface area contributed by atoms with Crippen LogP contribution >= 0.6 is 0 Å². The fourth-order valence-corrected chi connectivity index (χ4v) is 3.18. The van der Waals surface area contributed by atoms with Crippen molar-refractivity contribution in [2.45, 2.75) is 18.8 Å². The van der Waals surface area contributed by atoms with Gasteiger partial charge in [-0.25, -0.2) is 0 Å². The Morgan fingerprint density at radius 3 is 2.71 bits per heavy atom. The molecule has 0 radical (unpaired) electrons. The molecule has 4 rings (SSSR count). The van der Waals surface area contributed by atoms with E-state index in [0.717, 1.165) is 22.4 Å². The van der Waals surface area contributed by atoms with Gasteiger partial charge in [0.1, 0.15) is 12.1 Å². The standard InChI is InChI=1S/C21H23N5O2/c1-27-12-10-21(22)25-19(24-13-16-9-5-6-11-23-16)18-17(14-28-20(18)26-21)15-7-3-2-4-8-15/h2-9,11,14,26H,10,12-13,22H2,1H3,(H,24,25). The predicted octanol–water partition coefficient (Wildman–Crippen LogP) is 2.95. The molecule has 4 N–H and O–H groups in total. The van der Waals surface area contributed by atoms with Crippen molar-refractivity contribution in [2.24, 2.45) is 10.7 Å². The van der Waals surface area contributed by atoms with Crippen molar-refractivity contribution in [1.82, 2.24) is 10.3 Å². The lowest BCUT2D eigenvalue weighted by Gasteiger charge is -2.37. The summed E-state index contributed by atoms with van der Waals surface area (Å²) in [7, 11) is 1.65. The maximum atomic E-state index is 6.51. The third-order valence-electron chi connectivity index (χ3n) is 4.62. The highest BCUT2D eigenvalue weighted by Crippen LogP contribution is 2.35. The molecule has 2 aromatic heterocycles. The average Bonchev–Trinajstić information content (AvgIpc) is 3.15. The van der Waals surface area contributed by atoms with Gasteiger partial charge in [-0.05, 0) is 17.7 Å². The molecule has 3 heterocycles. The first kappa shape index (κ1) is 18.2. The monoisotopic (exact) mass is 377 g/mol. The highest BCUT2D eigenvalue weighted by atomic mass is 16.5. The summed E-state index contributed by atoms with van der Waals surface area (Å²) in [4.78, 5) is 9.13. The number of amidine groups is 1. The van der Waals surface area contributed by atoms with Crippen LogP contribution in [0.2, 0.25) is 0 Å². The Morgan fingerprint density at radius 2 is 1.96 bits per heavy atom. The molecular weight excluding hydrogens is 354 g/mol. The molecule has 1 unspecified atom stereocenters. The van der Waals surface area contributed by atoms with Gasteiger partial charge in [-0.3, -0.25) is 15.7 Å². The van der Waals surface area contributed by atoms with Gasteiger partial charge >= 0.3 is 0 Å². The number of methoxy groups -OCH3 is 1. The first-order valence-corrected chi connectivity index (χ1v) is 9.14. The molecule has 0 spiro atoms. The molecule has 0 aliphatic carbocycles. The summed E-state index contributed by atoms with van der Waals surface area (Å²) in [5.74, 6) is 0.346. The zero-order chi connectivity index (χ0) is 19.4. The van der Waals surface area contributed by atoms with Gasteiger partial charge in [-0.2, -0.15) is 0 Å². The van der Waals surface area contributed by atoms with Crippen LogP contribution in [0, 0.1) is 0 Å². The van der Waals surface area contributed by atoms with Crippen molar-refractivity contribution in [3.63, 3.8) is 0 Å². The number of nitrogens with zero attached hydrogens (tertiary/aromatic N) is 2. The highest BCUT2D eigenvalue weighted by molar-refractivity contribution is 6.10. The number of hydrogen-bond acceptors (Lipinski definition) is 6.